The van der Waals surface area contributed by atoms with Crippen LogP contribution >= 0.6 is 0 Å². The van der Waals surface area contributed by atoms with Gasteiger partial charge in [0.25, 0.3) is 5.91 Å². The van der Waals surface area contributed by atoms with E-state index in [1.54, 1.807) is 12.1 Å². The molecule has 0 aliphatic heterocycles. The molecule has 0 unspecified atom stereocenters. The van der Waals surface area contributed by atoms with E-state index in [0.717, 1.165) is 6.07 Å². The predicted molar refractivity (Wildman–Crippen MR) is 57.6 cm³/mol. The lowest BCUT2D eigenvalue weighted by molar-refractivity contribution is 0.0974. The van der Waals surface area contributed by atoms with Crippen molar-refractivity contribution >= 4 is 16.9 Å². The number of amides is 1. The van der Waals surface area contributed by atoms with Gasteiger partial charge in [-0.2, -0.15) is 0 Å². The standard InChI is InChI=1S/C11H9NO4/c1-15-6-2-3-7-8(13)5-10(11(12)14)16-9(7)4-6/h2-5H,1H3,(H2,12,14). The molecule has 0 saturated carbocycles. The zero-order chi connectivity index (χ0) is 11.7. The minimum Gasteiger partial charge on any atom is -0.497 e. The summed E-state index contributed by atoms with van der Waals surface area (Å²) in [5, 5.41) is 0.380. The molecule has 5 nitrogen and oxygen atoms in total. The molecule has 2 aromatic rings. The number of benzene rings is 1. The van der Waals surface area contributed by atoms with Crippen molar-refractivity contribution in [1.82, 2.24) is 0 Å². The molecule has 0 saturated heterocycles. The summed E-state index contributed by atoms with van der Waals surface area (Å²) in [7, 11) is 1.50. The zero-order valence-electron chi connectivity index (χ0n) is 8.52. The Bertz CT molecular complexity index is 615. The molecule has 0 spiro atoms. The Balaban J connectivity index is 2.78. The highest BCUT2D eigenvalue weighted by molar-refractivity contribution is 5.91. The van der Waals surface area contributed by atoms with Crippen LogP contribution in [-0.2, 0) is 0 Å². The largest absolute Gasteiger partial charge is 0.497 e. The minimum absolute atomic E-state index is 0.161. The van der Waals surface area contributed by atoms with Gasteiger partial charge in [0.2, 0.25) is 0 Å². The zero-order valence-corrected chi connectivity index (χ0v) is 8.52. The second-order valence-electron chi connectivity index (χ2n) is 3.20. The smallest absolute Gasteiger partial charge is 0.284 e. The molecule has 1 amide bonds. The topological polar surface area (TPSA) is 82.5 Å². The molecule has 0 aliphatic carbocycles. The van der Waals surface area contributed by atoms with Gasteiger partial charge in [0.1, 0.15) is 11.3 Å². The Hall–Kier alpha value is -2.30. The summed E-state index contributed by atoms with van der Waals surface area (Å²) in [5.41, 5.74) is 5.01. The van der Waals surface area contributed by atoms with Crippen LogP contribution in [0.3, 0.4) is 0 Å². The van der Waals surface area contributed by atoms with E-state index in [9.17, 15) is 9.59 Å². The summed E-state index contributed by atoms with van der Waals surface area (Å²) < 4.78 is 10.2. The number of ether oxygens (including phenoxy) is 1. The van der Waals surface area contributed by atoms with Gasteiger partial charge in [-0.25, -0.2) is 0 Å². The molecule has 0 bridgehead atoms. The number of nitrogens with two attached hydrogens (primary N) is 1. The third-order valence-corrected chi connectivity index (χ3v) is 2.18. The Morgan fingerprint density at radius 1 is 1.38 bits per heavy atom. The van der Waals surface area contributed by atoms with Crippen molar-refractivity contribution in [1.29, 1.82) is 0 Å². The van der Waals surface area contributed by atoms with Crippen LogP contribution in [-0.4, -0.2) is 13.0 Å². The lowest BCUT2D eigenvalue weighted by Gasteiger charge is -2.02. The second kappa shape index (κ2) is 3.69. The van der Waals surface area contributed by atoms with Crippen molar-refractivity contribution in [3.8, 4) is 5.75 Å². The Labute approximate surface area is 90.4 Å². The van der Waals surface area contributed by atoms with E-state index in [1.165, 1.54) is 13.2 Å². The molecule has 16 heavy (non-hydrogen) atoms. The van der Waals surface area contributed by atoms with Crippen LogP contribution in [0.2, 0.25) is 0 Å². The highest BCUT2D eigenvalue weighted by Crippen LogP contribution is 2.19. The Kier molecular flexibility index (Phi) is 2.36. The van der Waals surface area contributed by atoms with Crippen molar-refractivity contribution in [3.63, 3.8) is 0 Å². The van der Waals surface area contributed by atoms with Gasteiger partial charge in [0, 0.05) is 12.1 Å². The lowest BCUT2D eigenvalue weighted by Crippen LogP contribution is -2.14. The molecule has 0 atom stereocenters. The fourth-order valence-electron chi connectivity index (χ4n) is 1.38. The summed E-state index contributed by atoms with van der Waals surface area (Å²) in [5.74, 6) is -0.398. The highest BCUT2D eigenvalue weighted by atomic mass is 16.5. The summed E-state index contributed by atoms with van der Waals surface area (Å²) in [6, 6.07) is 5.83. The van der Waals surface area contributed by atoms with Crippen LogP contribution < -0.4 is 15.9 Å². The first-order valence-corrected chi connectivity index (χ1v) is 4.53. The Morgan fingerprint density at radius 2 is 2.12 bits per heavy atom. The van der Waals surface area contributed by atoms with Crippen molar-refractivity contribution < 1.29 is 13.9 Å². The van der Waals surface area contributed by atoms with Crippen molar-refractivity contribution in [2.75, 3.05) is 7.11 Å². The summed E-state index contributed by atoms with van der Waals surface area (Å²) in [4.78, 5) is 22.5. The van der Waals surface area contributed by atoms with Gasteiger partial charge in [-0.1, -0.05) is 0 Å². The van der Waals surface area contributed by atoms with E-state index in [-0.39, 0.29) is 16.8 Å². The van der Waals surface area contributed by atoms with Crippen molar-refractivity contribution in [2.24, 2.45) is 5.73 Å². The maximum Gasteiger partial charge on any atom is 0.284 e. The summed E-state index contributed by atoms with van der Waals surface area (Å²) in [6.07, 6.45) is 0. The van der Waals surface area contributed by atoms with Crippen LogP contribution in [0.1, 0.15) is 10.6 Å². The van der Waals surface area contributed by atoms with E-state index < -0.39 is 5.91 Å². The van der Waals surface area contributed by atoms with Gasteiger partial charge in [-0.3, -0.25) is 9.59 Å². The number of methoxy groups -OCH3 is 1. The molecule has 0 aliphatic rings. The highest BCUT2D eigenvalue weighted by Gasteiger charge is 2.09. The average Bonchev–Trinajstić information content (AvgIpc) is 2.28. The van der Waals surface area contributed by atoms with Crippen LogP contribution in [0.4, 0.5) is 0 Å². The molecular formula is C11H9NO4. The van der Waals surface area contributed by atoms with Gasteiger partial charge in [0.05, 0.1) is 12.5 Å². The number of primary amides is 1. The molecule has 1 aromatic heterocycles. The third kappa shape index (κ3) is 1.63. The van der Waals surface area contributed by atoms with Crippen molar-refractivity contribution in [2.45, 2.75) is 0 Å². The number of rotatable bonds is 2. The monoisotopic (exact) mass is 219 g/mol. The maximum atomic E-state index is 11.6. The van der Waals surface area contributed by atoms with Gasteiger partial charge in [-0.15, -0.1) is 0 Å². The van der Waals surface area contributed by atoms with E-state index in [0.29, 0.717) is 11.1 Å². The molecule has 82 valence electrons. The SMILES string of the molecule is COc1ccc2c(=O)cc(C(N)=O)oc2c1. The quantitative estimate of drug-likeness (QED) is 0.813. The van der Waals surface area contributed by atoms with E-state index in [2.05, 4.69) is 0 Å². The van der Waals surface area contributed by atoms with E-state index >= 15 is 0 Å². The van der Waals surface area contributed by atoms with Gasteiger partial charge in [0.15, 0.2) is 11.2 Å². The number of carbonyl (C=O) groups is 1. The van der Waals surface area contributed by atoms with Crippen LogP contribution in [0.25, 0.3) is 11.0 Å². The second-order valence-corrected chi connectivity index (χ2v) is 3.20. The van der Waals surface area contributed by atoms with Crippen LogP contribution in [0.5, 0.6) is 5.75 Å². The molecule has 2 rings (SSSR count). The molecule has 2 N–H and O–H groups in total. The molecule has 0 radical (unpaired) electrons. The van der Waals surface area contributed by atoms with Crippen LogP contribution in [0.15, 0.2) is 33.5 Å². The average molecular weight is 219 g/mol. The first-order valence-electron chi connectivity index (χ1n) is 4.53. The molecule has 1 aromatic carbocycles. The number of hydrogen-bond acceptors (Lipinski definition) is 4. The number of fused-ring (bicyclic) bond motifs is 1. The summed E-state index contributed by atoms with van der Waals surface area (Å²) >= 11 is 0. The van der Waals surface area contributed by atoms with E-state index in [1.807, 2.05) is 0 Å². The fraction of sp³-hybridized carbons (Fsp3) is 0.0909. The van der Waals surface area contributed by atoms with Gasteiger partial charge >= 0.3 is 0 Å². The van der Waals surface area contributed by atoms with Gasteiger partial charge in [-0.05, 0) is 12.1 Å². The van der Waals surface area contributed by atoms with Crippen molar-refractivity contribution in [3.05, 3.63) is 40.2 Å². The lowest BCUT2D eigenvalue weighted by atomic mass is 10.2. The molecule has 5 heteroatoms. The predicted octanol–water partition coefficient (Wildman–Crippen LogP) is 0.901. The molecule has 1 heterocycles. The van der Waals surface area contributed by atoms with Crippen LogP contribution in [0, 0.1) is 0 Å². The third-order valence-electron chi connectivity index (χ3n) is 2.18. The number of carbonyl (C=O) groups excluding carboxylic acids is 1. The normalized spacial score (nSPS) is 10.3. The number of hydrogen-bond donors (Lipinski definition) is 1. The summed E-state index contributed by atoms with van der Waals surface area (Å²) in [6.45, 7) is 0. The maximum absolute atomic E-state index is 11.6. The Morgan fingerprint density at radius 3 is 2.75 bits per heavy atom. The molecular weight excluding hydrogens is 210 g/mol. The first kappa shape index (κ1) is 10.2. The minimum atomic E-state index is -0.776. The first-order chi connectivity index (χ1) is 7.61. The molecule has 0 fully saturated rings. The van der Waals surface area contributed by atoms with E-state index in [4.69, 9.17) is 14.9 Å². The van der Waals surface area contributed by atoms with Gasteiger partial charge < -0.3 is 14.9 Å². The fourth-order valence-corrected chi connectivity index (χ4v) is 1.38.